The maximum absolute atomic E-state index is 11.7. The Labute approximate surface area is 91.4 Å². The molecule has 1 saturated heterocycles. The highest BCUT2D eigenvalue weighted by molar-refractivity contribution is 5.77. The lowest BCUT2D eigenvalue weighted by atomic mass is 10.0. The average Bonchev–Trinajstić information content (AvgIpc) is 2.87. The quantitative estimate of drug-likeness (QED) is 0.745. The van der Waals surface area contributed by atoms with E-state index in [9.17, 15) is 4.79 Å². The molecule has 1 aliphatic carbocycles. The van der Waals surface area contributed by atoms with Crippen LogP contribution in [0.1, 0.15) is 39.5 Å². The highest BCUT2D eigenvalue weighted by Gasteiger charge is 2.39. The van der Waals surface area contributed by atoms with Crippen molar-refractivity contribution in [2.75, 3.05) is 13.1 Å². The standard InChI is InChI=1S/C11H21N3O/c1-11(2,12)6-8-14-10(15)5-7-13(14)9-3-4-9/h9H,3-8,12H2,1-2H3. The third-order valence-corrected chi connectivity index (χ3v) is 3.09. The number of hydrogen-bond acceptors (Lipinski definition) is 3. The van der Waals surface area contributed by atoms with Gasteiger partial charge in [0.1, 0.15) is 0 Å². The van der Waals surface area contributed by atoms with Gasteiger partial charge in [0.05, 0.1) is 0 Å². The zero-order chi connectivity index (χ0) is 11.1. The summed E-state index contributed by atoms with van der Waals surface area (Å²) in [5.41, 5.74) is 5.76. The molecule has 0 atom stereocenters. The largest absolute Gasteiger partial charge is 0.325 e. The van der Waals surface area contributed by atoms with Gasteiger partial charge in [-0.2, -0.15) is 0 Å². The van der Waals surface area contributed by atoms with Gasteiger partial charge in [-0.1, -0.05) is 0 Å². The summed E-state index contributed by atoms with van der Waals surface area (Å²) < 4.78 is 0. The van der Waals surface area contributed by atoms with Crippen LogP contribution >= 0.6 is 0 Å². The highest BCUT2D eigenvalue weighted by Crippen LogP contribution is 2.31. The fraction of sp³-hybridized carbons (Fsp3) is 0.909. The number of nitrogens with two attached hydrogens (primary N) is 1. The van der Waals surface area contributed by atoms with Crippen molar-refractivity contribution >= 4 is 5.91 Å². The Morgan fingerprint density at radius 3 is 2.67 bits per heavy atom. The van der Waals surface area contributed by atoms with Crippen LogP contribution in [0.4, 0.5) is 0 Å². The smallest absolute Gasteiger partial charge is 0.238 e. The molecule has 0 aromatic rings. The minimum absolute atomic E-state index is 0.182. The summed E-state index contributed by atoms with van der Waals surface area (Å²) in [5.74, 6) is 0.270. The molecule has 1 saturated carbocycles. The third kappa shape index (κ3) is 2.69. The van der Waals surface area contributed by atoms with E-state index in [0.717, 1.165) is 19.5 Å². The first-order chi connectivity index (χ1) is 6.97. The first kappa shape index (κ1) is 10.9. The maximum Gasteiger partial charge on any atom is 0.238 e. The first-order valence-corrected chi connectivity index (χ1v) is 5.83. The lowest BCUT2D eigenvalue weighted by Gasteiger charge is -2.30. The molecule has 86 valence electrons. The van der Waals surface area contributed by atoms with E-state index < -0.39 is 0 Å². The molecular weight excluding hydrogens is 190 g/mol. The van der Waals surface area contributed by atoms with Crippen LogP contribution in [0, 0.1) is 0 Å². The molecule has 0 aromatic carbocycles. The summed E-state index contributed by atoms with van der Waals surface area (Å²) in [6.07, 6.45) is 4.04. The molecular formula is C11H21N3O. The van der Waals surface area contributed by atoms with Crippen LogP contribution in [0.3, 0.4) is 0 Å². The monoisotopic (exact) mass is 211 g/mol. The number of nitrogens with zero attached hydrogens (tertiary/aromatic N) is 2. The van der Waals surface area contributed by atoms with Crippen molar-refractivity contribution in [3.05, 3.63) is 0 Å². The SMILES string of the molecule is CC(C)(N)CCN1C(=O)CCN1C1CC1. The zero-order valence-corrected chi connectivity index (χ0v) is 9.70. The van der Waals surface area contributed by atoms with Crippen molar-refractivity contribution in [2.45, 2.75) is 51.1 Å². The van der Waals surface area contributed by atoms with Gasteiger partial charge in [-0.3, -0.25) is 9.80 Å². The lowest BCUT2D eigenvalue weighted by Crippen LogP contribution is -2.44. The fourth-order valence-electron chi connectivity index (χ4n) is 2.00. The van der Waals surface area contributed by atoms with E-state index in [0.29, 0.717) is 12.5 Å². The van der Waals surface area contributed by atoms with Gasteiger partial charge < -0.3 is 5.73 Å². The van der Waals surface area contributed by atoms with E-state index in [1.165, 1.54) is 12.8 Å². The van der Waals surface area contributed by atoms with Crippen LogP contribution in [-0.2, 0) is 4.79 Å². The molecule has 1 heterocycles. The molecule has 4 heteroatoms. The number of carbonyl (C=O) groups is 1. The molecule has 0 radical (unpaired) electrons. The normalized spacial score (nSPS) is 23.9. The minimum atomic E-state index is -0.182. The van der Waals surface area contributed by atoms with Crippen LogP contribution in [0.2, 0.25) is 0 Å². The molecule has 4 nitrogen and oxygen atoms in total. The predicted octanol–water partition coefficient (Wildman–Crippen LogP) is 0.725. The Morgan fingerprint density at radius 1 is 1.47 bits per heavy atom. The summed E-state index contributed by atoms with van der Waals surface area (Å²) in [6, 6.07) is 0.636. The predicted molar refractivity (Wildman–Crippen MR) is 58.9 cm³/mol. The highest BCUT2D eigenvalue weighted by atomic mass is 16.2. The Morgan fingerprint density at radius 2 is 2.13 bits per heavy atom. The van der Waals surface area contributed by atoms with E-state index in [1.807, 2.05) is 18.9 Å². The van der Waals surface area contributed by atoms with E-state index >= 15 is 0 Å². The second-order valence-electron chi connectivity index (χ2n) is 5.40. The van der Waals surface area contributed by atoms with Gasteiger partial charge in [-0.05, 0) is 33.1 Å². The topological polar surface area (TPSA) is 49.6 Å². The Balaban J connectivity index is 1.90. The molecule has 0 bridgehead atoms. The molecule has 15 heavy (non-hydrogen) atoms. The number of hydrogen-bond donors (Lipinski definition) is 1. The fourth-order valence-corrected chi connectivity index (χ4v) is 2.00. The van der Waals surface area contributed by atoms with E-state index in [4.69, 9.17) is 5.73 Å². The Bertz CT molecular complexity index is 255. The Hall–Kier alpha value is -0.610. The molecule has 2 fully saturated rings. The second-order valence-corrected chi connectivity index (χ2v) is 5.40. The van der Waals surface area contributed by atoms with Crippen molar-refractivity contribution in [3.63, 3.8) is 0 Å². The summed E-state index contributed by atoms with van der Waals surface area (Å²) in [7, 11) is 0. The molecule has 0 unspecified atom stereocenters. The van der Waals surface area contributed by atoms with Gasteiger partial charge in [0.25, 0.3) is 0 Å². The van der Waals surface area contributed by atoms with Crippen molar-refractivity contribution in [1.29, 1.82) is 0 Å². The van der Waals surface area contributed by atoms with Crippen molar-refractivity contribution in [3.8, 4) is 0 Å². The van der Waals surface area contributed by atoms with Crippen LogP contribution in [0.5, 0.6) is 0 Å². The number of amides is 1. The van der Waals surface area contributed by atoms with Gasteiger partial charge in [-0.25, -0.2) is 5.01 Å². The summed E-state index contributed by atoms with van der Waals surface area (Å²) in [4.78, 5) is 11.7. The maximum atomic E-state index is 11.7. The van der Waals surface area contributed by atoms with Crippen LogP contribution in [0.25, 0.3) is 0 Å². The second kappa shape index (κ2) is 3.76. The summed E-state index contributed by atoms with van der Waals surface area (Å²) in [5, 5.41) is 4.17. The van der Waals surface area contributed by atoms with E-state index in [-0.39, 0.29) is 11.4 Å². The van der Waals surface area contributed by atoms with E-state index in [1.54, 1.807) is 0 Å². The average molecular weight is 211 g/mol. The molecule has 2 rings (SSSR count). The number of carbonyl (C=O) groups excluding carboxylic acids is 1. The number of hydrazine groups is 1. The molecule has 0 aromatic heterocycles. The molecule has 1 aliphatic heterocycles. The molecule has 2 aliphatic rings. The van der Waals surface area contributed by atoms with Gasteiger partial charge in [0.2, 0.25) is 5.91 Å². The minimum Gasteiger partial charge on any atom is -0.325 e. The molecule has 1 amide bonds. The van der Waals surface area contributed by atoms with Gasteiger partial charge in [0, 0.05) is 31.1 Å². The van der Waals surface area contributed by atoms with Crippen molar-refractivity contribution < 1.29 is 4.79 Å². The molecule has 0 spiro atoms. The van der Waals surface area contributed by atoms with Crippen LogP contribution in [0.15, 0.2) is 0 Å². The van der Waals surface area contributed by atoms with Crippen LogP contribution in [-0.4, -0.2) is 40.6 Å². The molecule has 2 N–H and O–H groups in total. The van der Waals surface area contributed by atoms with Gasteiger partial charge >= 0.3 is 0 Å². The summed E-state index contributed by atoms with van der Waals surface area (Å²) >= 11 is 0. The van der Waals surface area contributed by atoms with E-state index in [2.05, 4.69) is 5.01 Å². The lowest BCUT2D eigenvalue weighted by molar-refractivity contribution is -0.139. The summed E-state index contributed by atoms with van der Waals surface area (Å²) in [6.45, 7) is 5.71. The van der Waals surface area contributed by atoms with Crippen LogP contribution < -0.4 is 5.73 Å². The van der Waals surface area contributed by atoms with Gasteiger partial charge in [-0.15, -0.1) is 0 Å². The first-order valence-electron chi connectivity index (χ1n) is 5.83. The number of rotatable bonds is 4. The Kier molecular flexibility index (Phi) is 2.73. The third-order valence-electron chi connectivity index (χ3n) is 3.09. The van der Waals surface area contributed by atoms with Crippen molar-refractivity contribution in [2.24, 2.45) is 5.73 Å². The van der Waals surface area contributed by atoms with Crippen molar-refractivity contribution in [1.82, 2.24) is 10.0 Å². The zero-order valence-electron chi connectivity index (χ0n) is 9.70. The van der Waals surface area contributed by atoms with Gasteiger partial charge in [0.15, 0.2) is 0 Å².